The van der Waals surface area contributed by atoms with Crippen LogP contribution in [-0.2, 0) is 56.8 Å². The largest absolute Gasteiger partial charge is 0.478 e. The molecule has 1 amide bonds. The van der Waals surface area contributed by atoms with Crippen molar-refractivity contribution in [3.8, 4) is 0 Å². The predicted molar refractivity (Wildman–Crippen MR) is 242 cm³/mol. The molecule has 2 atom stereocenters. The number of amides is 1. The number of hydrogen-bond acceptors (Lipinski definition) is 8. The quantitative estimate of drug-likeness (QED) is 0.125. The third-order valence-corrected chi connectivity index (χ3v) is 15.9. The van der Waals surface area contributed by atoms with E-state index in [1.165, 1.54) is 36.6 Å². The van der Waals surface area contributed by atoms with Gasteiger partial charge in [0.05, 0.1) is 43.1 Å². The van der Waals surface area contributed by atoms with Gasteiger partial charge >= 0.3 is 18.3 Å². The van der Waals surface area contributed by atoms with Gasteiger partial charge in [-0.05, 0) is 97.2 Å². The average molecular weight is 1090 g/mol. The van der Waals surface area contributed by atoms with Crippen molar-refractivity contribution in [1.82, 2.24) is 13.9 Å². The first kappa shape index (κ1) is 51.6. The van der Waals surface area contributed by atoms with Crippen LogP contribution in [-0.4, -0.2) is 91.0 Å². The van der Waals surface area contributed by atoms with Crippen molar-refractivity contribution >= 4 is 79.9 Å². The molecule has 12 nitrogen and oxygen atoms in total. The van der Waals surface area contributed by atoms with Gasteiger partial charge in [0, 0.05) is 67.8 Å². The number of carbonyl (C=O) groups is 2. The van der Waals surface area contributed by atoms with E-state index >= 15 is 0 Å². The molecule has 5 aliphatic rings. The Bertz CT molecular complexity index is 2980. The summed E-state index contributed by atoms with van der Waals surface area (Å²) in [5.74, 6) is -3.55. The summed E-state index contributed by atoms with van der Waals surface area (Å²) in [5, 5.41) is 17.4. The third-order valence-electron chi connectivity index (χ3n) is 12.9. The van der Waals surface area contributed by atoms with E-state index in [1.54, 1.807) is 6.07 Å². The minimum Gasteiger partial charge on any atom is -0.478 e. The van der Waals surface area contributed by atoms with Crippen LogP contribution >= 0.6 is 46.4 Å². The molecule has 2 aliphatic carbocycles. The highest BCUT2D eigenvalue weighted by Crippen LogP contribution is 2.52. The van der Waals surface area contributed by atoms with Gasteiger partial charge in [0.1, 0.15) is 0 Å². The second kappa shape index (κ2) is 18.7. The van der Waals surface area contributed by atoms with Crippen molar-refractivity contribution in [2.24, 2.45) is 10.3 Å². The molecule has 2 N–H and O–H groups in total. The molecule has 2 unspecified atom stereocenters. The van der Waals surface area contributed by atoms with Gasteiger partial charge in [0.15, 0.2) is 11.6 Å². The highest BCUT2D eigenvalue weighted by atomic mass is 35.5. The summed E-state index contributed by atoms with van der Waals surface area (Å²) in [6.07, 6.45) is -7.75. The molecule has 0 radical (unpaired) electrons. The number of halogens is 12. The molecule has 0 spiro atoms. The van der Waals surface area contributed by atoms with Crippen LogP contribution in [0.4, 0.5) is 35.1 Å². The van der Waals surface area contributed by atoms with Crippen LogP contribution in [0.2, 0.25) is 20.1 Å². The van der Waals surface area contributed by atoms with Crippen LogP contribution in [0.1, 0.15) is 90.9 Å². The molecular weight excluding hydrogens is 1050 g/mol. The Kier molecular flexibility index (Phi) is 13.8. The van der Waals surface area contributed by atoms with Crippen molar-refractivity contribution < 1.29 is 67.9 Å². The number of oxime groups is 2. The Labute approximate surface area is 414 Å². The summed E-state index contributed by atoms with van der Waals surface area (Å²) in [5.41, 5.74) is -2.69. The van der Waals surface area contributed by atoms with Crippen LogP contribution in [0.25, 0.3) is 0 Å². The van der Waals surface area contributed by atoms with Gasteiger partial charge in [0.2, 0.25) is 0 Å². The first-order chi connectivity index (χ1) is 32.7. The zero-order valence-corrected chi connectivity index (χ0v) is 40.2. The number of hydrogen-bond donors (Lipinski definition) is 2. The number of alkyl halides is 6. The number of carboxylic acid groups (broad SMARTS) is 1. The summed E-state index contributed by atoms with van der Waals surface area (Å²) in [6.45, 7) is 0.273. The van der Waals surface area contributed by atoms with Crippen LogP contribution in [0.5, 0.6) is 0 Å². The van der Waals surface area contributed by atoms with Crippen molar-refractivity contribution in [3.05, 3.63) is 136 Å². The molecule has 0 bridgehead atoms. The van der Waals surface area contributed by atoms with Gasteiger partial charge in [0.25, 0.3) is 27.3 Å². The summed E-state index contributed by atoms with van der Waals surface area (Å²) in [4.78, 5) is 34.6. The Morgan fingerprint density at radius 2 is 1.09 bits per heavy atom. The Morgan fingerprint density at radius 1 is 0.700 bits per heavy atom. The molecule has 9 rings (SSSR count). The molecule has 4 aromatic carbocycles. The predicted octanol–water partition coefficient (Wildman–Crippen LogP) is 10.3. The number of rotatable bonds is 9. The first-order valence-corrected chi connectivity index (χ1v) is 24.1. The van der Waals surface area contributed by atoms with Gasteiger partial charge < -0.3 is 20.1 Å². The van der Waals surface area contributed by atoms with E-state index < -0.39 is 95.4 Å². The lowest BCUT2D eigenvalue weighted by molar-refractivity contribution is -0.276. The summed E-state index contributed by atoms with van der Waals surface area (Å²) < 4.78 is 140. The average Bonchev–Trinajstić information content (AvgIpc) is 4.11. The van der Waals surface area contributed by atoms with E-state index in [1.807, 2.05) is 0 Å². The molecule has 25 heteroatoms. The summed E-state index contributed by atoms with van der Waals surface area (Å²) in [7, 11) is -0.718. The maximum Gasteiger partial charge on any atom is 0.435 e. The maximum absolute atomic E-state index is 14.4. The Balaban J connectivity index is 0.000000196. The van der Waals surface area contributed by atoms with Crippen LogP contribution in [0.3, 0.4) is 0 Å². The standard InChI is InChI=1S/C25H24Cl2F4N4O4S.C20H13Cl2F4NO3/c1-34(2)40(37,38)35-11-14(12-35)32-23(36)18-7-6-17(15-4-3-5-16(15)18)21-10-24(39-33-21,25(29,30)31)13-8-19(26)22(28)20(27)9-13;21-14-6-9(7-15(22)17(14)23)19(20(24,25)26)8-16(27-30-19)12-4-5-13(18(28)29)11-3-1-2-10(11)12/h6-9,14H,3-5,10-12H2,1-2H3,(H,32,36);4-7H,1-3,8H2,(H,28,29). The number of carboxylic acids is 1. The van der Waals surface area contributed by atoms with Gasteiger partial charge in [-0.1, -0.05) is 68.8 Å². The molecule has 3 aliphatic heterocycles. The second-order valence-electron chi connectivity index (χ2n) is 17.3. The van der Waals surface area contributed by atoms with Gasteiger partial charge in [-0.15, -0.1) is 0 Å². The van der Waals surface area contributed by atoms with Crippen molar-refractivity contribution in [3.63, 3.8) is 0 Å². The van der Waals surface area contributed by atoms with Crippen molar-refractivity contribution in [2.45, 2.75) is 81.0 Å². The van der Waals surface area contributed by atoms with E-state index in [2.05, 4.69) is 15.6 Å². The lowest BCUT2D eigenvalue weighted by atomic mass is 9.84. The lowest BCUT2D eigenvalue weighted by Gasteiger charge is -2.39. The smallest absolute Gasteiger partial charge is 0.435 e. The first-order valence-electron chi connectivity index (χ1n) is 21.2. The zero-order chi connectivity index (χ0) is 51.0. The fourth-order valence-corrected chi connectivity index (χ4v) is 11.4. The molecule has 374 valence electrons. The molecule has 0 aromatic heterocycles. The van der Waals surface area contributed by atoms with E-state index in [-0.39, 0.29) is 42.0 Å². The van der Waals surface area contributed by atoms with E-state index in [0.29, 0.717) is 77.5 Å². The minimum atomic E-state index is -4.94. The second-order valence-corrected chi connectivity index (χ2v) is 21.1. The van der Waals surface area contributed by atoms with Crippen molar-refractivity contribution in [1.29, 1.82) is 0 Å². The minimum absolute atomic E-state index is 0.0268. The molecule has 3 heterocycles. The monoisotopic (exact) mass is 1080 g/mol. The Morgan fingerprint density at radius 3 is 1.47 bits per heavy atom. The third kappa shape index (κ3) is 8.97. The molecule has 1 saturated heterocycles. The topological polar surface area (TPSA) is 150 Å². The maximum atomic E-state index is 14.4. The highest BCUT2D eigenvalue weighted by Gasteiger charge is 2.64. The van der Waals surface area contributed by atoms with Gasteiger partial charge in [-0.2, -0.15) is 43.4 Å². The number of carbonyl (C=O) groups excluding carboxylic acids is 1. The van der Waals surface area contributed by atoms with Crippen molar-refractivity contribution in [2.75, 3.05) is 27.2 Å². The number of nitrogens with zero attached hydrogens (tertiary/aromatic N) is 4. The molecule has 0 saturated carbocycles. The zero-order valence-electron chi connectivity index (χ0n) is 36.4. The van der Waals surface area contributed by atoms with Crippen LogP contribution in [0.15, 0.2) is 58.8 Å². The molecular formula is C45H37Cl4F8N5O7S. The SMILES string of the molecule is CN(C)S(=O)(=O)N1CC(NC(=O)c2ccc(C3=NOC(c4cc(Cl)c(F)c(Cl)c4)(C(F)(F)F)C3)c3c2CCC3)C1.O=C(O)c1ccc(C2=NOC(c3cc(Cl)c(F)c(Cl)c3)(C(F)(F)F)C2)c2c1CCC2. The van der Waals surface area contributed by atoms with Crippen LogP contribution in [0, 0.1) is 11.6 Å². The fourth-order valence-electron chi connectivity index (χ4n) is 9.25. The molecule has 70 heavy (non-hydrogen) atoms. The molecule has 1 fully saturated rings. The molecule has 4 aromatic rings. The van der Waals surface area contributed by atoms with E-state index in [9.17, 15) is 58.2 Å². The fraction of sp³-hybridized carbons (Fsp3) is 0.378. The number of aromatic carboxylic acids is 1. The highest BCUT2D eigenvalue weighted by molar-refractivity contribution is 7.86. The normalized spacial score (nSPS) is 21.2. The number of nitrogens with one attached hydrogen (secondary N) is 1. The summed E-state index contributed by atoms with van der Waals surface area (Å²) in [6, 6.07) is 8.84. The summed E-state index contributed by atoms with van der Waals surface area (Å²) >= 11 is 23.0. The van der Waals surface area contributed by atoms with E-state index in [4.69, 9.17) is 56.1 Å². The van der Waals surface area contributed by atoms with Gasteiger partial charge in [-0.25, -0.2) is 13.6 Å². The van der Waals surface area contributed by atoms with Gasteiger partial charge in [-0.3, -0.25) is 4.79 Å². The number of benzene rings is 4. The van der Waals surface area contributed by atoms with Crippen LogP contribution < -0.4 is 5.32 Å². The van der Waals surface area contributed by atoms with E-state index in [0.717, 1.165) is 28.6 Å². The Hall–Kier alpha value is -4.77. The number of fused-ring (bicyclic) bond motifs is 2. The lowest BCUT2D eigenvalue weighted by Crippen LogP contribution is -2.62.